The Morgan fingerprint density at radius 3 is 2.49 bits per heavy atom. The van der Waals surface area contributed by atoms with Gasteiger partial charge in [-0.2, -0.15) is 0 Å². The first-order valence-corrected chi connectivity index (χ1v) is 13.7. The van der Waals surface area contributed by atoms with Crippen molar-refractivity contribution in [1.82, 2.24) is 24.5 Å². The lowest BCUT2D eigenvalue weighted by molar-refractivity contribution is 0.0547. The highest BCUT2D eigenvalue weighted by atomic mass is 19.1. The summed E-state index contributed by atoms with van der Waals surface area (Å²) in [5.41, 5.74) is 4.46. The summed E-state index contributed by atoms with van der Waals surface area (Å²) in [5.74, 6) is -1.38. The number of aryl methyl sites for hydroxylation is 2. The fraction of sp³-hybridized carbons (Fsp3) is 0.387. The molecule has 0 amide bonds. The van der Waals surface area contributed by atoms with Crippen molar-refractivity contribution in [3.05, 3.63) is 71.1 Å². The Hall–Kier alpha value is -3.89. The molecule has 1 N–H and O–H groups in total. The maximum absolute atomic E-state index is 15.9. The lowest BCUT2D eigenvalue weighted by atomic mass is 9.86. The van der Waals surface area contributed by atoms with Crippen LogP contribution in [0.15, 0.2) is 42.6 Å². The highest BCUT2D eigenvalue weighted by Crippen LogP contribution is 2.43. The number of hydrogen-bond donors (Lipinski definition) is 1. The lowest BCUT2D eigenvalue weighted by Gasteiger charge is -2.33. The molecule has 0 spiro atoms. The van der Waals surface area contributed by atoms with E-state index >= 15 is 8.78 Å². The van der Waals surface area contributed by atoms with Crippen molar-refractivity contribution >= 4 is 21.9 Å². The molecule has 1 saturated heterocycles. The van der Waals surface area contributed by atoms with Gasteiger partial charge in [-0.15, -0.1) is 5.10 Å². The largest absolute Gasteiger partial charge is 0.494 e. The quantitative estimate of drug-likeness (QED) is 0.281. The van der Waals surface area contributed by atoms with E-state index in [0.29, 0.717) is 31.6 Å². The molecule has 3 aromatic heterocycles. The third kappa shape index (κ3) is 4.64. The van der Waals surface area contributed by atoms with E-state index < -0.39 is 23.3 Å². The summed E-state index contributed by atoms with van der Waals surface area (Å²) in [6.07, 6.45) is 3.13. The minimum absolute atomic E-state index is 0.0561. The predicted molar refractivity (Wildman–Crippen MR) is 152 cm³/mol. The zero-order valence-corrected chi connectivity index (χ0v) is 23.8. The average molecular weight is 562 g/mol. The first kappa shape index (κ1) is 27.3. The molecule has 4 heterocycles. The van der Waals surface area contributed by atoms with Gasteiger partial charge >= 0.3 is 0 Å². The van der Waals surface area contributed by atoms with E-state index in [0.717, 1.165) is 45.0 Å². The highest BCUT2D eigenvalue weighted by molar-refractivity contribution is 6.07. The summed E-state index contributed by atoms with van der Waals surface area (Å²) in [4.78, 5) is 4.88. The maximum Gasteiger partial charge on any atom is 0.165 e. The van der Waals surface area contributed by atoms with Crippen molar-refractivity contribution in [3.8, 4) is 17.0 Å². The smallest absolute Gasteiger partial charge is 0.165 e. The monoisotopic (exact) mass is 561 g/mol. The number of aliphatic hydroxyl groups is 1. The topological polar surface area (TPSA) is 87.2 Å². The number of rotatable bonds is 6. The Morgan fingerprint density at radius 1 is 1.07 bits per heavy atom. The first-order chi connectivity index (χ1) is 19.6. The number of hydrogen-bond acceptors (Lipinski definition) is 6. The summed E-state index contributed by atoms with van der Waals surface area (Å²) >= 11 is 0. The average Bonchev–Trinajstić information content (AvgIpc) is 3.46. The zero-order valence-electron chi connectivity index (χ0n) is 23.8. The second-order valence-electron chi connectivity index (χ2n) is 11.3. The Kier molecular flexibility index (Phi) is 6.78. The van der Waals surface area contributed by atoms with E-state index in [9.17, 15) is 5.11 Å². The van der Waals surface area contributed by atoms with E-state index in [2.05, 4.69) is 14.9 Å². The van der Waals surface area contributed by atoms with Gasteiger partial charge in [0.05, 0.1) is 46.7 Å². The molecule has 0 radical (unpaired) electrons. The predicted octanol–water partition coefficient (Wildman–Crippen LogP) is 5.82. The van der Waals surface area contributed by atoms with Gasteiger partial charge in [0.25, 0.3) is 0 Å². The number of halogens is 2. The Bertz CT molecular complexity index is 1750. The van der Waals surface area contributed by atoms with Crippen LogP contribution in [-0.4, -0.2) is 50.0 Å². The molecule has 5 aromatic rings. The van der Waals surface area contributed by atoms with Crippen LogP contribution in [0.4, 0.5) is 8.78 Å². The van der Waals surface area contributed by atoms with Gasteiger partial charge in [-0.1, -0.05) is 17.3 Å². The SMILES string of the molecule is COc1cc(F)c([C@H](C2CCOCC2)n2c3cc(C(C)(C)O)ccc3c3ncc(-c4c(C)nnn4C)cc32)cc1F. The molecule has 1 aliphatic rings. The van der Waals surface area contributed by atoms with Crippen LogP contribution in [0.2, 0.25) is 0 Å². The summed E-state index contributed by atoms with van der Waals surface area (Å²) in [6, 6.07) is 9.55. The van der Waals surface area contributed by atoms with Crippen LogP contribution in [-0.2, 0) is 17.4 Å². The summed E-state index contributed by atoms with van der Waals surface area (Å²) in [5, 5.41) is 20.1. The molecular formula is C31H33F2N5O3. The van der Waals surface area contributed by atoms with Gasteiger partial charge in [0.15, 0.2) is 11.6 Å². The molecule has 2 aromatic carbocycles. The van der Waals surface area contributed by atoms with Crippen molar-refractivity contribution in [1.29, 1.82) is 0 Å². The Balaban J connectivity index is 1.72. The Morgan fingerprint density at radius 2 is 1.83 bits per heavy atom. The molecule has 6 rings (SSSR count). The third-order valence-electron chi connectivity index (χ3n) is 8.20. The van der Waals surface area contributed by atoms with E-state index in [1.807, 2.05) is 38.2 Å². The van der Waals surface area contributed by atoms with Crippen LogP contribution in [0.5, 0.6) is 5.75 Å². The first-order valence-electron chi connectivity index (χ1n) is 13.7. The molecule has 0 unspecified atom stereocenters. The van der Waals surface area contributed by atoms with Crippen LogP contribution in [0, 0.1) is 24.5 Å². The standard InChI is InChI=1S/C31H33F2N5O3/c1-17-29(37(4)36-35-17)19-12-26-28(34-16-19)21-7-6-20(31(2,3)39)13-25(21)38(26)30(18-8-10-41-11-9-18)22-14-24(33)27(40-5)15-23(22)32/h6-7,12-16,18,30,39H,8-11H2,1-5H3/t30-/m0/s1. The number of nitrogens with zero attached hydrogens (tertiary/aromatic N) is 5. The molecule has 0 bridgehead atoms. The number of fused-ring (bicyclic) bond motifs is 3. The zero-order chi connectivity index (χ0) is 29.1. The van der Waals surface area contributed by atoms with Gasteiger partial charge in [-0.25, -0.2) is 13.5 Å². The van der Waals surface area contributed by atoms with Crippen molar-refractivity contribution in [3.63, 3.8) is 0 Å². The van der Waals surface area contributed by atoms with Gasteiger partial charge in [-0.05, 0) is 63.3 Å². The van der Waals surface area contributed by atoms with Gasteiger partial charge in [0, 0.05) is 49.0 Å². The van der Waals surface area contributed by atoms with Crippen LogP contribution >= 0.6 is 0 Å². The van der Waals surface area contributed by atoms with E-state index in [4.69, 9.17) is 14.5 Å². The molecule has 214 valence electrons. The molecule has 41 heavy (non-hydrogen) atoms. The van der Waals surface area contributed by atoms with Gasteiger partial charge in [-0.3, -0.25) is 4.98 Å². The van der Waals surface area contributed by atoms with E-state index in [-0.39, 0.29) is 17.2 Å². The van der Waals surface area contributed by atoms with Gasteiger partial charge in [0.1, 0.15) is 5.82 Å². The van der Waals surface area contributed by atoms with Crippen molar-refractivity contribution in [2.45, 2.75) is 45.3 Å². The summed E-state index contributed by atoms with van der Waals surface area (Å²) in [7, 11) is 3.14. The maximum atomic E-state index is 15.9. The lowest BCUT2D eigenvalue weighted by Crippen LogP contribution is -2.28. The fourth-order valence-electron chi connectivity index (χ4n) is 6.13. The van der Waals surface area contributed by atoms with Gasteiger partial charge < -0.3 is 19.1 Å². The number of methoxy groups -OCH3 is 1. The minimum atomic E-state index is -1.11. The second kappa shape index (κ2) is 10.2. The molecular weight excluding hydrogens is 528 g/mol. The third-order valence-corrected chi connectivity index (χ3v) is 8.20. The number of benzene rings is 2. The second-order valence-corrected chi connectivity index (χ2v) is 11.3. The number of pyridine rings is 1. The van der Waals surface area contributed by atoms with E-state index in [1.165, 1.54) is 13.2 Å². The minimum Gasteiger partial charge on any atom is -0.494 e. The van der Waals surface area contributed by atoms with Crippen molar-refractivity contribution in [2.24, 2.45) is 13.0 Å². The molecule has 0 saturated carbocycles. The van der Waals surface area contributed by atoms with Gasteiger partial charge in [0.2, 0.25) is 0 Å². The Labute approximate surface area is 236 Å². The summed E-state index contributed by atoms with van der Waals surface area (Å²) < 4.78 is 45.6. The molecule has 0 aliphatic carbocycles. The summed E-state index contributed by atoms with van der Waals surface area (Å²) in [6.45, 7) is 6.39. The van der Waals surface area contributed by atoms with Crippen LogP contribution < -0.4 is 4.74 Å². The molecule has 10 heteroatoms. The van der Waals surface area contributed by atoms with Crippen molar-refractivity contribution in [2.75, 3.05) is 20.3 Å². The molecule has 1 aliphatic heterocycles. The normalized spacial score (nSPS) is 15.6. The van der Waals surface area contributed by atoms with E-state index in [1.54, 1.807) is 24.7 Å². The molecule has 1 fully saturated rings. The number of ether oxygens (including phenoxy) is 2. The molecule has 8 nitrogen and oxygen atoms in total. The van der Waals surface area contributed by atoms with Crippen LogP contribution in [0.1, 0.15) is 49.6 Å². The number of aromatic nitrogens is 5. The molecule has 1 atom stereocenters. The van der Waals surface area contributed by atoms with Crippen LogP contribution in [0.25, 0.3) is 33.2 Å². The van der Waals surface area contributed by atoms with Crippen LogP contribution in [0.3, 0.4) is 0 Å². The van der Waals surface area contributed by atoms with Crippen molar-refractivity contribution < 1.29 is 23.4 Å². The highest BCUT2D eigenvalue weighted by Gasteiger charge is 2.33. The fourth-order valence-corrected chi connectivity index (χ4v) is 6.13.